The Morgan fingerprint density at radius 1 is 1.12 bits per heavy atom. The van der Waals surface area contributed by atoms with Crippen molar-refractivity contribution in [1.82, 2.24) is 0 Å². The van der Waals surface area contributed by atoms with Crippen molar-refractivity contribution in [3.63, 3.8) is 0 Å². The highest BCUT2D eigenvalue weighted by Crippen LogP contribution is 2.29. The molecule has 2 rings (SSSR count). The van der Waals surface area contributed by atoms with E-state index < -0.39 is 17.8 Å². The van der Waals surface area contributed by atoms with Crippen molar-refractivity contribution < 1.29 is 27.3 Å². The van der Waals surface area contributed by atoms with E-state index >= 15 is 0 Å². The molecule has 0 spiro atoms. The third-order valence-electron chi connectivity index (χ3n) is 4.04. The van der Waals surface area contributed by atoms with E-state index in [2.05, 4.69) is 5.32 Å². The smallest absolute Gasteiger partial charge is 0.324 e. The first-order valence-electron chi connectivity index (χ1n) is 7.72. The number of carbonyl (C=O) groups is 1. The van der Waals surface area contributed by atoms with Crippen molar-refractivity contribution in [2.45, 2.75) is 25.7 Å². The summed E-state index contributed by atoms with van der Waals surface area (Å²) in [5, 5.41) is 2.58. The second-order valence-electron chi connectivity index (χ2n) is 5.90. The van der Waals surface area contributed by atoms with Crippen molar-refractivity contribution in [2.75, 3.05) is 12.4 Å². The topological polar surface area (TPSA) is 33.5 Å². The second kappa shape index (κ2) is 7.65. The van der Waals surface area contributed by atoms with Gasteiger partial charge < -0.3 is 10.2 Å². The molecular weight excluding hydrogens is 336 g/mol. The molecule has 134 valence electrons. The molecule has 2 N–H and O–H groups in total. The highest BCUT2D eigenvalue weighted by atomic mass is 19.4. The van der Waals surface area contributed by atoms with Crippen LogP contribution < -0.4 is 10.2 Å². The van der Waals surface area contributed by atoms with Crippen molar-refractivity contribution >= 4 is 11.6 Å². The number of anilines is 1. The van der Waals surface area contributed by atoms with Gasteiger partial charge in [0, 0.05) is 11.3 Å². The van der Waals surface area contributed by atoms with Gasteiger partial charge in [0.1, 0.15) is 12.4 Å². The molecule has 2 aromatic rings. The first kappa shape index (κ1) is 18.9. The molecule has 0 fully saturated rings. The van der Waals surface area contributed by atoms with Crippen LogP contribution in [0.5, 0.6) is 0 Å². The van der Waals surface area contributed by atoms with Gasteiger partial charge in [0.15, 0.2) is 6.04 Å². The van der Waals surface area contributed by atoms with Gasteiger partial charge in [-0.1, -0.05) is 18.2 Å². The van der Waals surface area contributed by atoms with E-state index in [9.17, 15) is 22.4 Å². The number of hydrogen-bond donors (Lipinski definition) is 2. The third kappa shape index (κ3) is 5.03. The Morgan fingerprint density at radius 2 is 1.72 bits per heavy atom. The van der Waals surface area contributed by atoms with Gasteiger partial charge in [-0.25, -0.2) is 4.39 Å². The van der Waals surface area contributed by atoms with Crippen LogP contribution in [0.25, 0.3) is 0 Å². The predicted octanol–water partition coefficient (Wildman–Crippen LogP) is 2.89. The summed E-state index contributed by atoms with van der Waals surface area (Å²) in [6.07, 6.45) is -4.42. The molecule has 3 nitrogen and oxygen atoms in total. The van der Waals surface area contributed by atoms with Crippen molar-refractivity contribution in [1.29, 1.82) is 0 Å². The Hall–Kier alpha value is -2.41. The maximum Gasteiger partial charge on any atom is 0.416 e. The normalized spacial score (nSPS) is 14.0. The zero-order valence-corrected chi connectivity index (χ0v) is 13.8. The zero-order chi connectivity index (χ0) is 18.6. The van der Waals surface area contributed by atoms with Crippen LogP contribution in [0, 0.1) is 5.82 Å². The molecule has 0 saturated heterocycles. The van der Waals surface area contributed by atoms with Gasteiger partial charge in [-0.15, -0.1) is 0 Å². The van der Waals surface area contributed by atoms with Gasteiger partial charge in [0.25, 0.3) is 5.91 Å². The van der Waals surface area contributed by atoms with Gasteiger partial charge >= 0.3 is 6.18 Å². The molecule has 0 aliphatic heterocycles. The fourth-order valence-corrected chi connectivity index (χ4v) is 2.31. The SMILES string of the molecule is C[C@@H](C(=O)Nc1ccc(C(F)(F)F)cc1)[NH+](C)Cc1ccccc1F. The zero-order valence-electron chi connectivity index (χ0n) is 13.8. The minimum atomic E-state index is -4.42. The number of halogens is 4. The summed E-state index contributed by atoms with van der Waals surface area (Å²) in [6, 6.07) is 10.1. The molecule has 7 heteroatoms. The Bertz CT molecular complexity index is 729. The van der Waals surface area contributed by atoms with Crippen LogP contribution in [0.3, 0.4) is 0 Å². The van der Waals surface area contributed by atoms with Crippen LogP contribution in [0.2, 0.25) is 0 Å². The second-order valence-corrected chi connectivity index (χ2v) is 5.90. The lowest BCUT2D eigenvalue weighted by atomic mass is 10.1. The minimum absolute atomic E-state index is 0.281. The summed E-state index contributed by atoms with van der Waals surface area (Å²) in [6.45, 7) is 1.99. The lowest BCUT2D eigenvalue weighted by Crippen LogP contribution is -3.12. The van der Waals surface area contributed by atoms with E-state index in [4.69, 9.17) is 0 Å². The van der Waals surface area contributed by atoms with E-state index in [0.717, 1.165) is 17.0 Å². The fraction of sp³-hybridized carbons (Fsp3) is 0.278. The predicted molar refractivity (Wildman–Crippen MR) is 86.5 cm³/mol. The maximum atomic E-state index is 13.7. The van der Waals surface area contributed by atoms with Crippen LogP contribution in [-0.4, -0.2) is 19.0 Å². The summed E-state index contributed by atoms with van der Waals surface area (Å²) in [5.41, 5.74) is -0.00133. The van der Waals surface area contributed by atoms with Gasteiger partial charge in [-0.05, 0) is 37.3 Å². The number of likely N-dealkylation sites (N-methyl/N-ethyl adjacent to an activating group) is 1. The molecule has 2 aromatic carbocycles. The quantitative estimate of drug-likeness (QED) is 0.795. The van der Waals surface area contributed by atoms with Crippen molar-refractivity contribution in [2.24, 2.45) is 0 Å². The van der Waals surface area contributed by atoms with Crippen LogP contribution in [0.15, 0.2) is 48.5 Å². The Morgan fingerprint density at radius 3 is 2.28 bits per heavy atom. The minimum Gasteiger partial charge on any atom is -0.324 e. The van der Waals surface area contributed by atoms with Crippen LogP contribution >= 0.6 is 0 Å². The number of benzene rings is 2. The summed E-state index contributed by atoms with van der Waals surface area (Å²) in [4.78, 5) is 13.0. The molecule has 1 amide bonds. The molecule has 25 heavy (non-hydrogen) atoms. The summed E-state index contributed by atoms with van der Waals surface area (Å²) in [7, 11) is 1.75. The molecular formula is C18H19F4N2O+. The van der Waals surface area contributed by atoms with Crippen molar-refractivity contribution in [3.05, 3.63) is 65.5 Å². The van der Waals surface area contributed by atoms with E-state index in [1.807, 2.05) is 0 Å². The van der Waals surface area contributed by atoms with Gasteiger partial charge in [0.05, 0.1) is 12.6 Å². The average molecular weight is 355 g/mol. The molecule has 0 heterocycles. The first-order valence-corrected chi connectivity index (χ1v) is 7.72. The summed E-state index contributed by atoms with van der Waals surface area (Å²) >= 11 is 0. The number of nitrogens with one attached hydrogen (secondary N) is 2. The highest BCUT2D eigenvalue weighted by molar-refractivity contribution is 5.93. The molecule has 0 aliphatic carbocycles. The molecule has 2 atom stereocenters. The fourth-order valence-electron chi connectivity index (χ4n) is 2.31. The van der Waals surface area contributed by atoms with Gasteiger partial charge in [-0.2, -0.15) is 13.2 Å². The van der Waals surface area contributed by atoms with Crippen LogP contribution in [0.1, 0.15) is 18.1 Å². The maximum absolute atomic E-state index is 13.7. The van der Waals surface area contributed by atoms with E-state index in [0.29, 0.717) is 12.1 Å². The van der Waals surface area contributed by atoms with E-state index in [1.54, 1.807) is 32.2 Å². The third-order valence-corrected chi connectivity index (χ3v) is 4.04. The monoisotopic (exact) mass is 355 g/mol. The standard InChI is InChI=1S/C18H18F4N2O/c1-12(24(2)11-13-5-3-4-6-16(13)19)17(25)23-15-9-7-14(8-10-15)18(20,21)22/h3-10,12H,11H2,1-2H3,(H,23,25)/p+1/t12-/m0/s1. The van der Waals surface area contributed by atoms with E-state index in [-0.39, 0.29) is 17.4 Å². The largest absolute Gasteiger partial charge is 0.416 e. The first-order chi connectivity index (χ1) is 11.7. The highest BCUT2D eigenvalue weighted by Gasteiger charge is 2.30. The molecule has 0 saturated carbocycles. The lowest BCUT2D eigenvalue weighted by Gasteiger charge is -2.21. The summed E-state index contributed by atoms with van der Waals surface area (Å²) < 4.78 is 51.3. The van der Waals surface area contributed by atoms with Gasteiger partial charge in [-0.3, -0.25) is 4.79 Å². The number of rotatable bonds is 5. The number of amides is 1. The Labute approximate surface area is 143 Å². The molecule has 0 bridgehead atoms. The van der Waals surface area contributed by atoms with E-state index in [1.165, 1.54) is 18.2 Å². The molecule has 0 aromatic heterocycles. The Kier molecular flexibility index (Phi) is 5.79. The molecule has 0 radical (unpaired) electrons. The Balaban J connectivity index is 1.98. The number of alkyl halides is 3. The van der Waals surface area contributed by atoms with Crippen LogP contribution in [-0.2, 0) is 17.5 Å². The summed E-state index contributed by atoms with van der Waals surface area (Å²) in [5.74, 6) is -0.689. The molecule has 1 unspecified atom stereocenters. The van der Waals surface area contributed by atoms with Gasteiger partial charge in [0.2, 0.25) is 0 Å². The number of hydrogen-bond acceptors (Lipinski definition) is 1. The van der Waals surface area contributed by atoms with Crippen LogP contribution in [0.4, 0.5) is 23.2 Å². The lowest BCUT2D eigenvalue weighted by molar-refractivity contribution is -0.908. The molecule has 0 aliphatic rings. The van der Waals surface area contributed by atoms with Crippen molar-refractivity contribution in [3.8, 4) is 0 Å². The average Bonchev–Trinajstić information content (AvgIpc) is 2.55. The number of quaternary nitrogens is 1. The number of carbonyl (C=O) groups excluding carboxylic acids is 1.